The van der Waals surface area contributed by atoms with Crippen LogP contribution in [0, 0.1) is 6.92 Å². The standard InChI is InChI=1S/C8H12N2O2S/c1-5-9-10-8(12-5)13-7-4-2-3-6(7)11/h6-7,11H,2-4H2,1H3/t6-,7-/m1/s1. The summed E-state index contributed by atoms with van der Waals surface area (Å²) in [5.41, 5.74) is 0. The zero-order valence-electron chi connectivity index (χ0n) is 7.43. The zero-order valence-corrected chi connectivity index (χ0v) is 8.25. The van der Waals surface area contributed by atoms with E-state index in [9.17, 15) is 5.11 Å². The maximum Gasteiger partial charge on any atom is 0.276 e. The second-order valence-corrected chi connectivity index (χ2v) is 4.43. The van der Waals surface area contributed by atoms with Gasteiger partial charge in [-0.2, -0.15) is 0 Å². The molecule has 5 heteroatoms. The average Bonchev–Trinajstić information content (AvgIpc) is 2.64. The first kappa shape index (κ1) is 9.02. The molecule has 1 saturated carbocycles. The number of thioether (sulfide) groups is 1. The maximum absolute atomic E-state index is 9.55. The normalized spacial score (nSPS) is 28.2. The van der Waals surface area contributed by atoms with Crippen LogP contribution in [-0.4, -0.2) is 26.7 Å². The molecule has 72 valence electrons. The van der Waals surface area contributed by atoms with Crippen molar-refractivity contribution < 1.29 is 9.52 Å². The van der Waals surface area contributed by atoms with Crippen molar-refractivity contribution in [1.29, 1.82) is 0 Å². The quantitative estimate of drug-likeness (QED) is 0.781. The van der Waals surface area contributed by atoms with Gasteiger partial charge in [-0.15, -0.1) is 10.2 Å². The molecule has 1 aromatic rings. The SMILES string of the molecule is Cc1nnc(S[C@@H]2CCC[C@H]2O)o1. The molecule has 0 radical (unpaired) electrons. The largest absolute Gasteiger partial charge is 0.416 e. The Bertz CT molecular complexity index is 289. The lowest BCUT2D eigenvalue weighted by atomic mass is 10.3. The van der Waals surface area contributed by atoms with Crippen LogP contribution < -0.4 is 0 Å². The van der Waals surface area contributed by atoms with E-state index in [2.05, 4.69) is 10.2 Å². The van der Waals surface area contributed by atoms with Crippen molar-refractivity contribution in [2.24, 2.45) is 0 Å². The second kappa shape index (κ2) is 3.67. The van der Waals surface area contributed by atoms with Gasteiger partial charge in [-0.05, 0) is 19.3 Å². The van der Waals surface area contributed by atoms with Crippen LogP contribution in [0.2, 0.25) is 0 Å². The highest BCUT2D eigenvalue weighted by molar-refractivity contribution is 7.99. The summed E-state index contributed by atoms with van der Waals surface area (Å²) >= 11 is 1.49. The Morgan fingerprint density at radius 3 is 2.85 bits per heavy atom. The molecule has 0 bridgehead atoms. The highest BCUT2D eigenvalue weighted by Crippen LogP contribution is 2.34. The number of aliphatic hydroxyl groups excluding tert-OH is 1. The number of aryl methyl sites for hydroxylation is 1. The number of hydrogen-bond donors (Lipinski definition) is 1. The highest BCUT2D eigenvalue weighted by Gasteiger charge is 2.27. The molecule has 0 spiro atoms. The Kier molecular flexibility index (Phi) is 2.55. The summed E-state index contributed by atoms with van der Waals surface area (Å²) in [5.74, 6) is 0.579. The molecule has 0 aromatic carbocycles. The third kappa shape index (κ3) is 2.03. The first-order chi connectivity index (χ1) is 6.25. The van der Waals surface area contributed by atoms with Crippen LogP contribution >= 0.6 is 11.8 Å². The summed E-state index contributed by atoms with van der Waals surface area (Å²) in [6.45, 7) is 1.77. The third-order valence-electron chi connectivity index (χ3n) is 2.18. The van der Waals surface area contributed by atoms with Crippen molar-refractivity contribution >= 4 is 11.8 Å². The van der Waals surface area contributed by atoms with E-state index in [-0.39, 0.29) is 11.4 Å². The first-order valence-electron chi connectivity index (χ1n) is 4.40. The van der Waals surface area contributed by atoms with Gasteiger partial charge in [0.1, 0.15) is 0 Å². The summed E-state index contributed by atoms with van der Waals surface area (Å²) in [6.07, 6.45) is 2.81. The van der Waals surface area contributed by atoms with Gasteiger partial charge in [-0.25, -0.2) is 0 Å². The molecule has 1 aliphatic carbocycles. The predicted molar refractivity (Wildman–Crippen MR) is 48.5 cm³/mol. The van der Waals surface area contributed by atoms with Gasteiger partial charge >= 0.3 is 0 Å². The van der Waals surface area contributed by atoms with Gasteiger partial charge in [-0.1, -0.05) is 11.8 Å². The Balaban J connectivity index is 1.97. The minimum Gasteiger partial charge on any atom is -0.416 e. The predicted octanol–water partition coefficient (Wildman–Crippen LogP) is 1.38. The molecule has 2 rings (SSSR count). The lowest BCUT2D eigenvalue weighted by molar-refractivity contribution is 0.187. The van der Waals surface area contributed by atoms with E-state index in [0.717, 1.165) is 19.3 Å². The molecule has 1 fully saturated rings. The Labute approximate surface area is 80.7 Å². The summed E-state index contributed by atoms with van der Waals surface area (Å²) in [7, 11) is 0. The number of rotatable bonds is 2. The number of hydrogen-bond acceptors (Lipinski definition) is 5. The molecule has 4 nitrogen and oxygen atoms in total. The number of aromatic nitrogens is 2. The Morgan fingerprint density at radius 1 is 1.46 bits per heavy atom. The molecule has 2 atom stereocenters. The van der Waals surface area contributed by atoms with Gasteiger partial charge in [0.15, 0.2) is 0 Å². The number of nitrogens with zero attached hydrogens (tertiary/aromatic N) is 2. The number of aliphatic hydroxyl groups is 1. The fourth-order valence-electron chi connectivity index (χ4n) is 1.50. The van der Waals surface area contributed by atoms with Crippen LogP contribution in [0.5, 0.6) is 0 Å². The van der Waals surface area contributed by atoms with Gasteiger partial charge < -0.3 is 9.52 Å². The van der Waals surface area contributed by atoms with Crippen molar-refractivity contribution in [3.63, 3.8) is 0 Å². The van der Waals surface area contributed by atoms with E-state index in [4.69, 9.17) is 4.42 Å². The fourth-order valence-corrected chi connectivity index (χ4v) is 2.59. The van der Waals surface area contributed by atoms with Crippen LogP contribution in [-0.2, 0) is 0 Å². The average molecular weight is 200 g/mol. The van der Waals surface area contributed by atoms with Crippen LogP contribution in [0.25, 0.3) is 0 Å². The van der Waals surface area contributed by atoms with E-state index in [1.807, 2.05) is 0 Å². The van der Waals surface area contributed by atoms with Crippen molar-refractivity contribution in [1.82, 2.24) is 10.2 Å². The van der Waals surface area contributed by atoms with Crippen molar-refractivity contribution in [3.8, 4) is 0 Å². The maximum atomic E-state index is 9.55. The molecule has 0 aliphatic heterocycles. The molecule has 13 heavy (non-hydrogen) atoms. The highest BCUT2D eigenvalue weighted by atomic mass is 32.2. The summed E-state index contributed by atoms with van der Waals surface area (Å²) in [4.78, 5) is 0. The Hall–Kier alpha value is -0.550. The van der Waals surface area contributed by atoms with E-state index < -0.39 is 0 Å². The third-order valence-corrected chi connectivity index (χ3v) is 3.40. The van der Waals surface area contributed by atoms with Gasteiger partial charge in [0.05, 0.1) is 6.10 Å². The Morgan fingerprint density at radius 2 is 2.31 bits per heavy atom. The van der Waals surface area contributed by atoms with E-state index >= 15 is 0 Å². The summed E-state index contributed by atoms with van der Waals surface area (Å²) < 4.78 is 5.22. The summed E-state index contributed by atoms with van der Waals surface area (Å²) in [6, 6.07) is 0. The van der Waals surface area contributed by atoms with Crippen LogP contribution in [0.4, 0.5) is 0 Å². The van der Waals surface area contributed by atoms with Gasteiger partial charge in [0.25, 0.3) is 5.22 Å². The van der Waals surface area contributed by atoms with Crippen LogP contribution in [0.15, 0.2) is 9.64 Å². The van der Waals surface area contributed by atoms with Crippen LogP contribution in [0.1, 0.15) is 25.2 Å². The first-order valence-corrected chi connectivity index (χ1v) is 5.28. The minimum atomic E-state index is -0.211. The van der Waals surface area contributed by atoms with Gasteiger partial charge in [0, 0.05) is 12.2 Å². The molecule has 0 saturated heterocycles. The van der Waals surface area contributed by atoms with E-state index in [1.54, 1.807) is 6.92 Å². The monoisotopic (exact) mass is 200 g/mol. The molecule has 1 heterocycles. The molecule has 0 amide bonds. The smallest absolute Gasteiger partial charge is 0.276 e. The molecule has 1 N–H and O–H groups in total. The van der Waals surface area contributed by atoms with Crippen LogP contribution in [0.3, 0.4) is 0 Å². The molecule has 1 aromatic heterocycles. The van der Waals surface area contributed by atoms with Crippen molar-refractivity contribution in [3.05, 3.63) is 5.89 Å². The lowest BCUT2D eigenvalue weighted by Gasteiger charge is -2.09. The fraction of sp³-hybridized carbons (Fsp3) is 0.750. The van der Waals surface area contributed by atoms with E-state index in [1.165, 1.54) is 11.8 Å². The van der Waals surface area contributed by atoms with E-state index in [0.29, 0.717) is 11.1 Å². The summed E-state index contributed by atoms with van der Waals surface area (Å²) in [5, 5.41) is 18.0. The molecular weight excluding hydrogens is 188 g/mol. The van der Waals surface area contributed by atoms with Crippen molar-refractivity contribution in [2.45, 2.75) is 42.8 Å². The van der Waals surface area contributed by atoms with Gasteiger partial charge in [-0.3, -0.25) is 0 Å². The molecule has 1 aliphatic rings. The lowest BCUT2D eigenvalue weighted by Crippen LogP contribution is -2.14. The molecule has 0 unspecified atom stereocenters. The van der Waals surface area contributed by atoms with Gasteiger partial charge in [0.2, 0.25) is 5.89 Å². The topological polar surface area (TPSA) is 59.2 Å². The second-order valence-electron chi connectivity index (χ2n) is 3.24. The molecular formula is C8H12N2O2S. The minimum absolute atomic E-state index is 0.211. The van der Waals surface area contributed by atoms with Crippen molar-refractivity contribution in [2.75, 3.05) is 0 Å². The zero-order chi connectivity index (χ0) is 9.26.